The second-order valence-electron chi connectivity index (χ2n) is 13.8. The first kappa shape index (κ1) is 28.5. The molecule has 5 rings (SSSR count). The van der Waals surface area contributed by atoms with Crippen LogP contribution in [0.4, 0.5) is 0 Å². The molecule has 1 aliphatic heterocycles. The quantitative estimate of drug-likeness (QED) is 0.263. The van der Waals surface area contributed by atoms with Gasteiger partial charge in [-0.1, -0.05) is 13.8 Å². The lowest BCUT2D eigenvalue weighted by Crippen LogP contribution is -2.54. The third kappa shape index (κ3) is 5.36. The van der Waals surface area contributed by atoms with Crippen LogP contribution in [0.3, 0.4) is 0 Å². The molecule has 7 nitrogen and oxygen atoms in total. The van der Waals surface area contributed by atoms with Crippen LogP contribution < -0.4 is 0 Å². The second-order valence-corrected chi connectivity index (χ2v) is 13.8. The Bertz CT molecular complexity index is 1000. The Morgan fingerprint density at radius 1 is 0.974 bits per heavy atom. The predicted octanol–water partition coefficient (Wildman–Crippen LogP) is 6.44. The molecule has 1 heterocycles. The number of hydrogen-bond donors (Lipinski definition) is 1. The van der Waals surface area contributed by atoms with Gasteiger partial charge in [0.1, 0.15) is 12.2 Å². The molecule has 4 saturated carbocycles. The highest BCUT2D eigenvalue weighted by atomic mass is 16.5. The van der Waals surface area contributed by atoms with Crippen molar-refractivity contribution >= 4 is 17.9 Å². The minimum Gasteiger partial charge on any atom is -0.494 e. The van der Waals surface area contributed by atoms with E-state index in [0.29, 0.717) is 41.3 Å². The molecule has 39 heavy (non-hydrogen) atoms. The monoisotopic (exact) mass is 544 g/mol. The number of allylic oxidation sites excluding steroid dienone is 1. The van der Waals surface area contributed by atoms with Crippen molar-refractivity contribution < 1.29 is 33.7 Å². The van der Waals surface area contributed by atoms with Crippen molar-refractivity contribution in [3.8, 4) is 0 Å². The normalized spacial score (nSPS) is 40.6. The molecule has 4 aliphatic carbocycles. The maximum atomic E-state index is 12.2. The van der Waals surface area contributed by atoms with Gasteiger partial charge in [0.25, 0.3) is 0 Å². The van der Waals surface area contributed by atoms with Crippen molar-refractivity contribution in [2.75, 3.05) is 6.61 Å². The van der Waals surface area contributed by atoms with E-state index in [0.717, 1.165) is 50.4 Å². The molecule has 4 fully saturated rings. The van der Waals surface area contributed by atoms with E-state index in [1.54, 1.807) is 0 Å². The van der Waals surface area contributed by atoms with Crippen molar-refractivity contribution in [2.45, 2.75) is 123 Å². The molecule has 0 saturated heterocycles. The fourth-order valence-electron chi connectivity index (χ4n) is 9.97. The van der Waals surface area contributed by atoms with Crippen molar-refractivity contribution in [1.82, 2.24) is 0 Å². The molecule has 0 amide bonds. The van der Waals surface area contributed by atoms with Gasteiger partial charge in [0, 0.05) is 19.3 Å². The first-order chi connectivity index (χ1) is 18.5. The SMILES string of the molecule is CC(=O)OCCCCC1=C(C)C2C(CC3C4CCC5CC(OC(=O)CCC(=O)O)CCC5(C)C4CCC32C)O1. The summed E-state index contributed by atoms with van der Waals surface area (Å²) in [5.74, 6) is 2.94. The highest BCUT2D eigenvalue weighted by molar-refractivity contribution is 5.76. The van der Waals surface area contributed by atoms with Gasteiger partial charge in [-0.15, -0.1) is 0 Å². The highest BCUT2D eigenvalue weighted by Gasteiger charge is 2.64. The summed E-state index contributed by atoms with van der Waals surface area (Å²) in [5.41, 5.74) is 2.07. The Labute approximate surface area is 233 Å². The lowest BCUT2D eigenvalue weighted by Gasteiger charge is -2.61. The van der Waals surface area contributed by atoms with Crippen molar-refractivity contribution in [2.24, 2.45) is 40.4 Å². The zero-order valence-electron chi connectivity index (χ0n) is 24.3. The summed E-state index contributed by atoms with van der Waals surface area (Å²) >= 11 is 0. The van der Waals surface area contributed by atoms with E-state index in [4.69, 9.17) is 19.3 Å². The summed E-state index contributed by atoms with van der Waals surface area (Å²) in [6.07, 6.45) is 12.0. The number of unbranched alkanes of at least 4 members (excludes halogenated alkanes) is 1. The number of hydrogen-bond acceptors (Lipinski definition) is 6. The Morgan fingerprint density at radius 2 is 1.74 bits per heavy atom. The lowest BCUT2D eigenvalue weighted by atomic mass is 9.44. The lowest BCUT2D eigenvalue weighted by molar-refractivity contribution is -0.163. The molecule has 0 aromatic heterocycles. The molecule has 5 aliphatic rings. The van der Waals surface area contributed by atoms with Crippen LogP contribution in [-0.2, 0) is 28.6 Å². The number of aliphatic carboxylic acids is 1. The van der Waals surface area contributed by atoms with Crippen LogP contribution >= 0.6 is 0 Å². The van der Waals surface area contributed by atoms with Gasteiger partial charge >= 0.3 is 17.9 Å². The standard InChI is InChI=1S/C32H48O7/c1-19-26(7-5-6-16-37-20(2)33)39-27-18-25-23-9-8-21-17-22(38-29(36)11-10-28(34)35)12-14-31(21,3)24(23)13-15-32(25,4)30(19)27/h21-25,27,30H,5-18H2,1-4H3,(H,34,35). The van der Waals surface area contributed by atoms with Gasteiger partial charge in [0.05, 0.1) is 25.2 Å². The molecule has 0 aromatic rings. The molecule has 7 heteroatoms. The van der Waals surface area contributed by atoms with Crippen LogP contribution in [0.25, 0.3) is 0 Å². The average molecular weight is 545 g/mol. The Kier molecular flexibility index (Phi) is 8.09. The maximum absolute atomic E-state index is 12.2. The average Bonchev–Trinajstić information content (AvgIpc) is 3.35. The molecule has 218 valence electrons. The molecular formula is C32H48O7. The molecule has 0 aromatic carbocycles. The molecule has 9 unspecified atom stereocenters. The van der Waals surface area contributed by atoms with E-state index < -0.39 is 5.97 Å². The summed E-state index contributed by atoms with van der Waals surface area (Å²) < 4.78 is 17.5. The molecular weight excluding hydrogens is 496 g/mol. The van der Waals surface area contributed by atoms with Crippen LogP contribution in [0.1, 0.15) is 111 Å². The van der Waals surface area contributed by atoms with Gasteiger partial charge in [-0.05, 0) is 111 Å². The second kappa shape index (κ2) is 11.1. The van der Waals surface area contributed by atoms with E-state index in [1.165, 1.54) is 50.4 Å². The van der Waals surface area contributed by atoms with Gasteiger partial charge < -0.3 is 19.3 Å². The zero-order chi connectivity index (χ0) is 27.9. The Hall–Kier alpha value is -2.05. The number of rotatable bonds is 9. The van der Waals surface area contributed by atoms with E-state index >= 15 is 0 Å². The third-order valence-corrected chi connectivity index (χ3v) is 11.8. The van der Waals surface area contributed by atoms with E-state index in [2.05, 4.69) is 20.8 Å². The number of esters is 2. The van der Waals surface area contributed by atoms with Crippen LogP contribution in [-0.4, -0.2) is 41.8 Å². The maximum Gasteiger partial charge on any atom is 0.306 e. The predicted molar refractivity (Wildman–Crippen MR) is 145 cm³/mol. The number of fused-ring (bicyclic) bond motifs is 7. The first-order valence-corrected chi connectivity index (χ1v) is 15.4. The first-order valence-electron chi connectivity index (χ1n) is 15.4. The van der Waals surface area contributed by atoms with E-state index in [-0.39, 0.29) is 30.9 Å². The summed E-state index contributed by atoms with van der Waals surface area (Å²) in [4.78, 5) is 34.0. The Morgan fingerprint density at radius 3 is 2.49 bits per heavy atom. The minimum absolute atomic E-state index is 0.0347. The fourth-order valence-corrected chi connectivity index (χ4v) is 9.97. The summed E-state index contributed by atoms with van der Waals surface area (Å²) in [5, 5.41) is 8.87. The largest absolute Gasteiger partial charge is 0.494 e. The van der Waals surface area contributed by atoms with Gasteiger partial charge in [-0.3, -0.25) is 14.4 Å². The number of carboxylic acids is 1. The summed E-state index contributed by atoms with van der Waals surface area (Å²) in [7, 11) is 0. The topological polar surface area (TPSA) is 99.1 Å². The van der Waals surface area contributed by atoms with Crippen LogP contribution in [0.15, 0.2) is 11.3 Å². The van der Waals surface area contributed by atoms with E-state index in [9.17, 15) is 14.4 Å². The summed E-state index contributed by atoms with van der Waals surface area (Å²) in [6, 6.07) is 0. The molecule has 9 atom stereocenters. The minimum atomic E-state index is -0.953. The number of ether oxygens (including phenoxy) is 3. The van der Waals surface area contributed by atoms with Crippen molar-refractivity contribution in [3.63, 3.8) is 0 Å². The van der Waals surface area contributed by atoms with Crippen LogP contribution in [0.5, 0.6) is 0 Å². The molecule has 1 N–H and O–H groups in total. The molecule has 0 spiro atoms. The summed E-state index contributed by atoms with van der Waals surface area (Å²) in [6.45, 7) is 9.33. The highest BCUT2D eigenvalue weighted by Crippen LogP contribution is 2.69. The van der Waals surface area contributed by atoms with Crippen LogP contribution in [0.2, 0.25) is 0 Å². The van der Waals surface area contributed by atoms with Crippen molar-refractivity contribution in [3.05, 3.63) is 11.3 Å². The van der Waals surface area contributed by atoms with Gasteiger partial charge in [0.15, 0.2) is 0 Å². The van der Waals surface area contributed by atoms with Crippen molar-refractivity contribution in [1.29, 1.82) is 0 Å². The van der Waals surface area contributed by atoms with Gasteiger partial charge in [-0.2, -0.15) is 0 Å². The number of carboxylic acid groups (broad SMARTS) is 1. The van der Waals surface area contributed by atoms with Crippen LogP contribution in [0, 0.1) is 40.4 Å². The van der Waals surface area contributed by atoms with E-state index in [1.807, 2.05) is 0 Å². The van der Waals surface area contributed by atoms with Gasteiger partial charge in [-0.25, -0.2) is 0 Å². The Balaban J connectivity index is 1.20. The molecule has 0 bridgehead atoms. The zero-order valence-corrected chi connectivity index (χ0v) is 24.3. The molecule has 0 radical (unpaired) electrons. The number of carbonyl (C=O) groups is 3. The van der Waals surface area contributed by atoms with Gasteiger partial charge in [0.2, 0.25) is 0 Å². The fraction of sp³-hybridized carbons (Fsp3) is 0.844. The smallest absolute Gasteiger partial charge is 0.306 e. The third-order valence-electron chi connectivity index (χ3n) is 11.8. The number of carbonyl (C=O) groups excluding carboxylic acids is 2.